The van der Waals surface area contributed by atoms with E-state index in [1.807, 2.05) is 55.5 Å². The van der Waals surface area contributed by atoms with Crippen LogP contribution in [0.1, 0.15) is 11.1 Å². The number of carbonyl (C=O) groups is 1. The molecule has 0 aliphatic carbocycles. The number of benzene rings is 2. The molecule has 3 N–H and O–H groups in total. The van der Waals surface area contributed by atoms with Crippen molar-refractivity contribution in [3.63, 3.8) is 0 Å². The van der Waals surface area contributed by atoms with Crippen molar-refractivity contribution in [2.24, 2.45) is 0 Å². The minimum Gasteiger partial charge on any atom is -0.331 e. The van der Waals surface area contributed by atoms with E-state index in [4.69, 9.17) is 23.8 Å². The number of nitrogens with one attached hydrogen (secondary N) is 3. The lowest BCUT2D eigenvalue weighted by atomic mass is 10.2. The highest BCUT2D eigenvalue weighted by Crippen LogP contribution is 2.32. The van der Waals surface area contributed by atoms with Crippen molar-refractivity contribution >= 4 is 75.4 Å². The molecule has 11 heteroatoms. The number of thiocarbonyl (C=S) groups is 1. The Morgan fingerprint density at radius 1 is 1.07 bits per heavy atom. The molecular formula is C19H18ClN5OS4. The Balaban J connectivity index is 1.37. The molecule has 1 aromatic heterocycles. The molecule has 156 valence electrons. The highest BCUT2D eigenvalue weighted by atomic mass is 35.5. The second kappa shape index (κ2) is 11.5. The molecular weight excluding hydrogens is 478 g/mol. The van der Waals surface area contributed by atoms with Gasteiger partial charge in [-0.3, -0.25) is 15.6 Å². The van der Waals surface area contributed by atoms with Gasteiger partial charge in [-0.25, -0.2) is 0 Å². The summed E-state index contributed by atoms with van der Waals surface area (Å²) in [5, 5.41) is 12.3. The van der Waals surface area contributed by atoms with Crippen LogP contribution in [0.3, 0.4) is 0 Å². The van der Waals surface area contributed by atoms with Crippen molar-refractivity contribution < 1.29 is 4.79 Å². The maximum absolute atomic E-state index is 12.0. The van der Waals surface area contributed by atoms with Gasteiger partial charge in [0, 0.05) is 16.5 Å². The van der Waals surface area contributed by atoms with Crippen LogP contribution >= 0.6 is 58.7 Å². The summed E-state index contributed by atoms with van der Waals surface area (Å²) in [6.07, 6.45) is 0. The molecule has 0 spiro atoms. The molecule has 0 bridgehead atoms. The fraction of sp³-hybridized carbons (Fsp3) is 0.158. The Bertz CT molecular complexity index is 1010. The highest BCUT2D eigenvalue weighted by Gasteiger charge is 2.10. The zero-order valence-corrected chi connectivity index (χ0v) is 19.9. The smallest absolute Gasteiger partial charge is 0.248 e. The van der Waals surface area contributed by atoms with Gasteiger partial charge in [-0.15, -0.1) is 10.2 Å². The molecule has 0 unspecified atom stereocenters. The first kappa shape index (κ1) is 22.8. The zero-order chi connectivity index (χ0) is 21.3. The lowest BCUT2D eigenvalue weighted by molar-refractivity contribution is -0.119. The van der Waals surface area contributed by atoms with Crippen LogP contribution < -0.4 is 16.2 Å². The fourth-order valence-electron chi connectivity index (χ4n) is 2.16. The number of hydrogen-bond donors (Lipinski definition) is 3. The van der Waals surface area contributed by atoms with E-state index >= 15 is 0 Å². The minimum absolute atomic E-state index is 0.198. The fourth-order valence-corrected chi connectivity index (χ4v) is 5.43. The van der Waals surface area contributed by atoms with Crippen LogP contribution in [0.15, 0.2) is 57.2 Å². The van der Waals surface area contributed by atoms with E-state index in [1.54, 1.807) is 11.8 Å². The van der Waals surface area contributed by atoms with Crippen LogP contribution in [-0.2, 0) is 10.5 Å². The van der Waals surface area contributed by atoms with E-state index in [0.717, 1.165) is 36.3 Å². The Labute approximate surface area is 197 Å². The topological polar surface area (TPSA) is 78.9 Å². The maximum atomic E-state index is 12.0. The molecule has 3 rings (SSSR count). The number of aryl methyl sites for hydroxylation is 1. The molecule has 3 aromatic rings. The molecule has 0 saturated carbocycles. The van der Waals surface area contributed by atoms with Crippen molar-refractivity contribution in [2.75, 3.05) is 11.1 Å². The normalized spacial score (nSPS) is 10.5. The molecule has 0 aliphatic rings. The Morgan fingerprint density at radius 2 is 1.77 bits per heavy atom. The second-order valence-electron chi connectivity index (χ2n) is 6.00. The van der Waals surface area contributed by atoms with Gasteiger partial charge < -0.3 is 5.32 Å². The van der Waals surface area contributed by atoms with E-state index < -0.39 is 0 Å². The third-order valence-electron chi connectivity index (χ3n) is 3.65. The first-order chi connectivity index (χ1) is 14.5. The summed E-state index contributed by atoms with van der Waals surface area (Å²) < 4.78 is 1.56. The van der Waals surface area contributed by atoms with Gasteiger partial charge in [-0.1, -0.05) is 82.4 Å². The zero-order valence-electron chi connectivity index (χ0n) is 15.8. The van der Waals surface area contributed by atoms with Gasteiger partial charge in [-0.05, 0) is 42.9 Å². The largest absolute Gasteiger partial charge is 0.331 e. The maximum Gasteiger partial charge on any atom is 0.248 e. The summed E-state index contributed by atoms with van der Waals surface area (Å²) in [5.74, 6) is 0.701. The van der Waals surface area contributed by atoms with Gasteiger partial charge in [0.15, 0.2) is 13.8 Å². The van der Waals surface area contributed by atoms with Gasteiger partial charge in [0.25, 0.3) is 0 Å². The van der Waals surface area contributed by atoms with E-state index in [0.29, 0.717) is 5.11 Å². The van der Waals surface area contributed by atoms with Crippen molar-refractivity contribution in [1.82, 2.24) is 21.0 Å². The SMILES string of the molecule is Cc1ccc(NC(=S)NNC(=O)CSc2nnc(SCc3ccccc3Cl)s2)cc1. The Kier molecular flexibility index (Phi) is 8.76. The van der Waals surface area contributed by atoms with Crippen molar-refractivity contribution in [3.8, 4) is 0 Å². The number of anilines is 1. The van der Waals surface area contributed by atoms with Crippen molar-refractivity contribution in [3.05, 3.63) is 64.7 Å². The average Bonchev–Trinajstić information content (AvgIpc) is 3.20. The lowest BCUT2D eigenvalue weighted by Gasteiger charge is -2.11. The first-order valence-electron chi connectivity index (χ1n) is 8.74. The monoisotopic (exact) mass is 495 g/mol. The predicted molar refractivity (Wildman–Crippen MR) is 130 cm³/mol. The van der Waals surface area contributed by atoms with Gasteiger partial charge in [0.05, 0.1) is 5.75 Å². The Morgan fingerprint density at radius 3 is 2.50 bits per heavy atom. The van der Waals surface area contributed by atoms with Crippen LogP contribution in [0.4, 0.5) is 5.69 Å². The van der Waals surface area contributed by atoms with E-state index in [2.05, 4.69) is 26.4 Å². The molecule has 2 aromatic carbocycles. The third kappa shape index (κ3) is 7.44. The number of thioether (sulfide) groups is 2. The number of rotatable bonds is 7. The number of hydrazine groups is 1. The molecule has 1 heterocycles. The van der Waals surface area contributed by atoms with Crippen LogP contribution in [0.5, 0.6) is 0 Å². The van der Waals surface area contributed by atoms with Crippen molar-refractivity contribution in [1.29, 1.82) is 0 Å². The number of amides is 1. The standard InChI is InChI=1S/C19H18ClN5OS4/c1-12-6-8-14(9-7-12)21-17(27)23-22-16(26)11-29-19-25-24-18(30-19)28-10-13-4-2-3-5-15(13)20/h2-9H,10-11H2,1H3,(H,22,26)(H2,21,23,27). The Hall–Kier alpha value is -1.85. The number of hydrogen-bond acceptors (Lipinski definition) is 7. The summed E-state index contributed by atoms with van der Waals surface area (Å²) in [5.41, 5.74) is 8.31. The molecule has 6 nitrogen and oxygen atoms in total. The second-order valence-corrected chi connectivity index (χ2v) is 10.2. The van der Waals surface area contributed by atoms with E-state index in [9.17, 15) is 4.79 Å². The first-order valence-corrected chi connectivity index (χ1v) is 12.3. The van der Waals surface area contributed by atoms with Crippen LogP contribution in [0.25, 0.3) is 0 Å². The van der Waals surface area contributed by atoms with E-state index in [-0.39, 0.29) is 11.7 Å². The van der Waals surface area contributed by atoms with Crippen LogP contribution in [-0.4, -0.2) is 27.0 Å². The van der Waals surface area contributed by atoms with Crippen LogP contribution in [0, 0.1) is 6.92 Å². The number of carbonyl (C=O) groups excluding carboxylic acids is 1. The minimum atomic E-state index is -0.214. The van der Waals surface area contributed by atoms with Crippen LogP contribution in [0.2, 0.25) is 5.02 Å². The summed E-state index contributed by atoms with van der Waals surface area (Å²) in [7, 11) is 0. The summed E-state index contributed by atoms with van der Waals surface area (Å²) in [6.45, 7) is 2.01. The van der Waals surface area contributed by atoms with Gasteiger partial charge >= 0.3 is 0 Å². The van der Waals surface area contributed by atoms with E-state index in [1.165, 1.54) is 23.1 Å². The molecule has 0 radical (unpaired) electrons. The van der Waals surface area contributed by atoms with Crippen molar-refractivity contribution in [2.45, 2.75) is 21.4 Å². The average molecular weight is 496 g/mol. The van der Waals surface area contributed by atoms with Gasteiger partial charge in [0.1, 0.15) is 0 Å². The predicted octanol–water partition coefficient (Wildman–Crippen LogP) is 4.90. The number of halogens is 1. The molecule has 0 fully saturated rings. The third-order valence-corrected chi connectivity index (χ3v) is 7.46. The number of aromatic nitrogens is 2. The lowest BCUT2D eigenvalue weighted by Crippen LogP contribution is -2.44. The quantitative estimate of drug-likeness (QED) is 0.242. The molecule has 1 amide bonds. The summed E-state index contributed by atoms with van der Waals surface area (Å²) in [6, 6.07) is 15.5. The molecule has 30 heavy (non-hydrogen) atoms. The molecule has 0 aliphatic heterocycles. The summed E-state index contributed by atoms with van der Waals surface area (Å²) >= 11 is 15.7. The highest BCUT2D eigenvalue weighted by molar-refractivity contribution is 8.03. The molecule has 0 saturated heterocycles. The summed E-state index contributed by atoms with van der Waals surface area (Å²) in [4.78, 5) is 12.0. The van der Waals surface area contributed by atoms with Gasteiger partial charge in [-0.2, -0.15) is 0 Å². The number of nitrogens with zero attached hydrogens (tertiary/aromatic N) is 2. The molecule has 0 atom stereocenters. The van der Waals surface area contributed by atoms with Gasteiger partial charge in [0.2, 0.25) is 5.91 Å².